The van der Waals surface area contributed by atoms with Gasteiger partial charge in [0, 0.05) is 12.2 Å². The zero-order valence-corrected chi connectivity index (χ0v) is 28.4. The van der Waals surface area contributed by atoms with Crippen LogP contribution >= 0.6 is 0 Å². The Kier molecular flexibility index (Phi) is 14.7. The van der Waals surface area contributed by atoms with Crippen LogP contribution in [0.3, 0.4) is 0 Å². The van der Waals surface area contributed by atoms with E-state index in [1.807, 2.05) is 45.9 Å². The predicted octanol–water partition coefficient (Wildman–Crippen LogP) is 8.12. The van der Waals surface area contributed by atoms with E-state index < -0.39 is 23.8 Å². The van der Waals surface area contributed by atoms with Crippen LogP contribution in [0.15, 0.2) is 42.5 Å². The molecule has 0 aliphatic carbocycles. The SMILES string of the molecule is CCCCCCCCN(C(=O)C(NC(=O)OC(C)(C)C)C(C)CC)C(C(=O)Nc1ccc(OC)cc1)c1cc(C)ccc1C. The normalized spacial score (nSPS) is 13.4. The zero-order valence-electron chi connectivity index (χ0n) is 28.4. The van der Waals surface area contributed by atoms with E-state index >= 15 is 0 Å². The number of hydrogen-bond donors (Lipinski definition) is 2. The van der Waals surface area contributed by atoms with E-state index in [2.05, 4.69) is 17.6 Å². The van der Waals surface area contributed by atoms with E-state index in [1.54, 1.807) is 57.0 Å². The van der Waals surface area contributed by atoms with Gasteiger partial charge in [0.05, 0.1) is 7.11 Å². The van der Waals surface area contributed by atoms with Crippen LogP contribution in [0.1, 0.15) is 109 Å². The van der Waals surface area contributed by atoms with Gasteiger partial charge in [-0.2, -0.15) is 0 Å². The summed E-state index contributed by atoms with van der Waals surface area (Å²) >= 11 is 0. The lowest BCUT2D eigenvalue weighted by atomic mass is 9.93. The number of aryl methyl sites for hydroxylation is 2. The van der Waals surface area contributed by atoms with Crippen molar-refractivity contribution in [2.24, 2.45) is 5.92 Å². The topological polar surface area (TPSA) is 97.0 Å². The van der Waals surface area contributed by atoms with E-state index in [4.69, 9.17) is 9.47 Å². The van der Waals surface area contributed by atoms with E-state index in [1.165, 1.54) is 6.42 Å². The summed E-state index contributed by atoms with van der Waals surface area (Å²) in [5, 5.41) is 5.90. The maximum Gasteiger partial charge on any atom is 0.408 e. The molecule has 0 spiro atoms. The fourth-order valence-corrected chi connectivity index (χ4v) is 5.12. The first kappa shape index (κ1) is 36.6. The molecule has 0 saturated carbocycles. The molecule has 0 fully saturated rings. The molecule has 3 atom stereocenters. The molecular weight excluding hydrogens is 554 g/mol. The molecule has 0 saturated heterocycles. The van der Waals surface area contributed by atoms with Gasteiger partial charge >= 0.3 is 6.09 Å². The lowest BCUT2D eigenvalue weighted by Gasteiger charge is -2.36. The fourth-order valence-electron chi connectivity index (χ4n) is 5.12. The summed E-state index contributed by atoms with van der Waals surface area (Å²) < 4.78 is 10.8. The minimum atomic E-state index is -0.910. The van der Waals surface area contributed by atoms with Gasteiger partial charge in [-0.1, -0.05) is 83.1 Å². The Labute approximate surface area is 265 Å². The first-order valence-corrected chi connectivity index (χ1v) is 16.1. The largest absolute Gasteiger partial charge is 0.497 e. The molecule has 8 nitrogen and oxygen atoms in total. The molecule has 3 amide bonds. The first-order valence-electron chi connectivity index (χ1n) is 16.1. The smallest absolute Gasteiger partial charge is 0.408 e. The van der Waals surface area contributed by atoms with Crippen LogP contribution in [0.2, 0.25) is 0 Å². The third-order valence-electron chi connectivity index (χ3n) is 7.83. The Morgan fingerprint density at radius 2 is 1.55 bits per heavy atom. The number of carbonyl (C=O) groups excluding carboxylic acids is 3. The van der Waals surface area contributed by atoms with E-state index in [-0.39, 0.29) is 17.7 Å². The number of carbonyl (C=O) groups is 3. The van der Waals surface area contributed by atoms with Gasteiger partial charge in [-0.25, -0.2) is 4.79 Å². The average Bonchev–Trinajstić information content (AvgIpc) is 2.97. The van der Waals surface area contributed by atoms with Crippen molar-refractivity contribution < 1.29 is 23.9 Å². The Morgan fingerprint density at radius 1 is 0.909 bits per heavy atom. The van der Waals surface area contributed by atoms with E-state index in [9.17, 15) is 14.4 Å². The fraction of sp³-hybridized carbons (Fsp3) is 0.583. The summed E-state index contributed by atoms with van der Waals surface area (Å²) in [6, 6.07) is 11.3. The quantitative estimate of drug-likeness (QED) is 0.187. The highest BCUT2D eigenvalue weighted by atomic mass is 16.6. The standard InChI is InChI=1S/C36H55N3O5/c1-10-12-13-14-15-16-23-39(34(41)31(26(4)11-2)38-35(42)44-36(6,7)8)32(30-24-25(3)17-18-27(30)5)33(40)37-28-19-21-29(43-9)22-20-28/h17-22,24,26,31-32H,10-16,23H2,1-9H3,(H,37,40)(H,38,42). The van der Waals surface area contributed by atoms with Gasteiger partial charge in [0.25, 0.3) is 5.91 Å². The minimum absolute atomic E-state index is 0.189. The second kappa shape index (κ2) is 17.7. The number of ether oxygens (including phenoxy) is 2. The Hall–Kier alpha value is -3.55. The number of alkyl carbamates (subject to hydrolysis) is 1. The predicted molar refractivity (Wildman–Crippen MR) is 178 cm³/mol. The van der Waals surface area contributed by atoms with Crippen molar-refractivity contribution in [3.05, 3.63) is 59.2 Å². The van der Waals surface area contributed by atoms with Crippen LogP contribution < -0.4 is 15.4 Å². The van der Waals surface area contributed by atoms with Crippen LogP contribution in [-0.2, 0) is 14.3 Å². The molecule has 44 heavy (non-hydrogen) atoms. The summed E-state index contributed by atoms with van der Waals surface area (Å²) in [7, 11) is 1.59. The molecule has 0 radical (unpaired) electrons. The number of hydrogen-bond acceptors (Lipinski definition) is 5. The van der Waals surface area contributed by atoms with Crippen molar-refractivity contribution >= 4 is 23.6 Å². The molecule has 0 aliphatic heterocycles. The molecule has 0 aromatic heterocycles. The molecule has 0 heterocycles. The van der Waals surface area contributed by atoms with Crippen LogP contribution in [0.4, 0.5) is 10.5 Å². The van der Waals surface area contributed by atoms with Crippen LogP contribution in [0.25, 0.3) is 0 Å². The number of nitrogens with one attached hydrogen (secondary N) is 2. The molecule has 8 heteroatoms. The van der Waals surface area contributed by atoms with Gasteiger partial charge in [0.2, 0.25) is 5.91 Å². The monoisotopic (exact) mass is 609 g/mol. The molecule has 2 rings (SSSR count). The lowest BCUT2D eigenvalue weighted by Crippen LogP contribution is -2.55. The molecule has 2 aromatic rings. The molecule has 0 aliphatic rings. The third kappa shape index (κ3) is 11.5. The number of rotatable bonds is 16. The number of methoxy groups -OCH3 is 1. The van der Waals surface area contributed by atoms with Crippen LogP contribution in [0, 0.1) is 19.8 Å². The number of anilines is 1. The minimum Gasteiger partial charge on any atom is -0.497 e. The molecule has 3 unspecified atom stereocenters. The van der Waals surface area contributed by atoms with Crippen molar-refractivity contribution in [3.63, 3.8) is 0 Å². The number of unbranched alkanes of at least 4 members (excludes halogenated alkanes) is 5. The highest BCUT2D eigenvalue weighted by Crippen LogP contribution is 2.30. The van der Waals surface area contributed by atoms with Gasteiger partial charge in [-0.05, 0) is 82.3 Å². The highest BCUT2D eigenvalue weighted by molar-refractivity contribution is 5.99. The Morgan fingerprint density at radius 3 is 2.14 bits per heavy atom. The summed E-state index contributed by atoms with van der Waals surface area (Å²) in [6.45, 7) is 15.8. The van der Waals surface area contributed by atoms with Crippen molar-refractivity contribution in [1.29, 1.82) is 0 Å². The Balaban J connectivity index is 2.58. The van der Waals surface area contributed by atoms with Gasteiger partial charge < -0.3 is 25.0 Å². The summed E-state index contributed by atoms with van der Waals surface area (Å²) in [5.74, 6) is -0.123. The first-order chi connectivity index (χ1) is 20.8. The summed E-state index contributed by atoms with van der Waals surface area (Å²) in [6.07, 6.45) is 6.21. The highest BCUT2D eigenvalue weighted by Gasteiger charge is 2.38. The van der Waals surface area contributed by atoms with Crippen molar-refractivity contribution in [2.45, 2.75) is 118 Å². The molecule has 0 bridgehead atoms. The summed E-state index contributed by atoms with van der Waals surface area (Å²) in [4.78, 5) is 43.5. The second-order valence-corrected chi connectivity index (χ2v) is 12.8. The average molecular weight is 610 g/mol. The molecule has 244 valence electrons. The van der Waals surface area contributed by atoms with Crippen LogP contribution in [-0.4, -0.2) is 48.1 Å². The van der Waals surface area contributed by atoms with Crippen molar-refractivity contribution in [3.8, 4) is 5.75 Å². The van der Waals surface area contributed by atoms with Crippen LogP contribution in [0.5, 0.6) is 5.75 Å². The number of amides is 3. The maximum absolute atomic E-state index is 14.6. The second-order valence-electron chi connectivity index (χ2n) is 12.8. The summed E-state index contributed by atoms with van der Waals surface area (Å²) in [5.41, 5.74) is 2.54. The van der Waals surface area contributed by atoms with Gasteiger partial charge in [-0.15, -0.1) is 0 Å². The lowest BCUT2D eigenvalue weighted by molar-refractivity contribution is -0.142. The van der Waals surface area contributed by atoms with Gasteiger partial charge in [0.1, 0.15) is 23.4 Å². The molecular formula is C36H55N3O5. The maximum atomic E-state index is 14.6. The van der Waals surface area contributed by atoms with Gasteiger partial charge in [0.15, 0.2) is 0 Å². The Bertz CT molecular complexity index is 1210. The van der Waals surface area contributed by atoms with Gasteiger partial charge in [-0.3, -0.25) is 9.59 Å². The van der Waals surface area contributed by atoms with E-state index in [0.717, 1.165) is 48.8 Å². The van der Waals surface area contributed by atoms with E-state index in [0.29, 0.717) is 24.4 Å². The third-order valence-corrected chi connectivity index (χ3v) is 7.83. The number of benzene rings is 2. The number of nitrogens with zero attached hydrogens (tertiary/aromatic N) is 1. The molecule has 2 aromatic carbocycles. The van der Waals surface area contributed by atoms with Crippen molar-refractivity contribution in [1.82, 2.24) is 10.2 Å². The van der Waals surface area contributed by atoms with Crippen molar-refractivity contribution in [2.75, 3.05) is 19.0 Å². The zero-order chi connectivity index (χ0) is 32.9. The molecule has 2 N–H and O–H groups in total.